The molecular weight excluding hydrogens is 414 g/mol. The highest BCUT2D eigenvalue weighted by molar-refractivity contribution is 7.86. The highest BCUT2D eigenvalue weighted by Crippen LogP contribution is 2.28. The summed E-state index contributed by atoms with van der Waals surface area (Å²) >= 11 is 0. The topological polar surface area (TPSA) is 110 Å². The standard InChI is InChI=1S/C20H23NO8S/c1-14-5-8-16(9-6-14)30(23,24)29-21-19(20(22)28-12-11-25-2)15-7-10-17(26-3)18(13-15)27-4/h5-10,13H,11-12H2,1-4H3/b21-19+. The predicted molar refractivity (Wildman–Crippen MR) is 108 cm³/mol. The van der Waals surface area contributed by atoms with Gasteiger partial charge in [-0.05, 0) is 37.3 Å². The highest BCUT2D eigenvalue weighted by atomic mass is 32.2. The molecule has 0 unspecified atom stereocenters. The number of oxime groups is 1. The Labute approximate surface area is 175 Å². The van der Waals surface area contributed by atoms with E-state index in [4.69, 9.17) is 23.2 Å². The molecule has 0 bridgehead atoms. The number of nitrogens with zero attached hydrogens (tertiary/aromatic N) is 1. The minimum absolute atomic E-state index is 0.0493. The zero-order chi connectivity index (χ0) is 22.1. The fraction of sp³-hybridized carbons (Fsp3) is 0.300. The van der Waals surface area contributed by atoms with Gasteiger partial charge in [-0.25, -0.2) is 4.79 Å². The van der Waals surface area contributed by atoms with Crippen LogP contribution < -0.4 is 9.47 Å². The van der Waals surface area contributed by atoms with Crippen LogP contribution in [-0.4, -0.2) is 54.6 Å². The summed E-state index contributed by atoms with van der Waals surface area (Å²) < 4.78 is 50.0. The van der Waals surface area contributed by atoms with Gasteiger partial charge in [0.25, 0.3) is 0 Å². The number of benzene rings is 2. The Morgan fingerprint density at radius 1 is 0.933 bits per heavy atom. The Hall–Kier alpha value is -3.11. The second kappa shape index (κ2) is 10.6. The number of hydrogen-bond acceptors (Lipinski definition) is 9. The number of hydrogen-bond donors (Lipinski definition) is 0. The largest absolute Gasteiger partial charge is 0.493 e. The maximum Gasteiger partial charge on any atom is 0.361 e. The average Bonchev–Trinajstić information content (AvgIpc) is 2.74. The van der Waals surface area contributed by atoms with Crippen molar-refractivity contribution >= 4 is 21.8 Å². The molecule has 2 aromatic carbocycles. The lowest BCUT2D eigenvalue weighted by Crippen LogP contribution is -2.22. The molecule has 0 aliphatic carbocycles. The van der Waals surface area contributed by atoms with Crippen molar-refractivity contribution in [3.8, 4) is 11.5 Å². The first-order valence-corrected chi connectivity index (χ1v) is 10.2. The van der Waals surface area contributed by atoms with Gasteiger partial charge < -0.3 is 18.9 Å². The lowest BCUT2D eigenvalue weighted by molar-refractivity contribution is -0.136. The number of carbonyl (C=O) groups excluding carboxylic acids is 1. The van der Waals surface area contributed by atoms with Crippen LogP contribution in [0.3, 0.4) is 0 Å². The molecule has 0 N–H and O–H groups in total. The molecule has 2 aromatic rings. The molecule has 0 amide bonds. The van der Waals surface area contributed by atoms with Crippen molar-refractivity contribution in [2.75, 3.05) is 34.5 Å². The predicted octanol–water partition coefficient (Wildman–Crippen LogP) is 2.31. The monoisotopic (exact) mass is 437 g/mol. The fourth-order valence-corrected chi connectivity index (χ4v) is 3.04. The van der Waals surface area contributed by atoms with Crippen LogP contribution in [0, 0.1) is 6.92 Å². The van der Waals surface area contributed by atoms with E-state index < -0.39 is 16.1 Å². The molecule has 0 saturated carbocycles. The second-order valence-electron chi connectivity index (χ2n) is 5.98. The quantitative estimate of drug-likeness (QED) is 0.241. The van der Waals surface area contributed by atoms with Gasteiger partial charge in [-0.3, -0.25) is 4.28 Å². The van der Waals surface area contributed by atoms with Gasteiger partial charge in [0.2, 0.25) is 0 Å². The summed E-state index contributed by atoms with van der Waals surface area (Å²) in [7, 11) is 0.0950. The number of carbonyl (C=O) groups is 1. The van der Waals surface area contributed by atoms with Crippen LogP contribution in [0.15, 0.2) is 52.5 Å². The second-order valence-corrected chi connectivity index (χ2v) is 7.51. The smallest absolute Gasteiger partial charge is 0.361 e. The van der Waals surface area contributed by atoms with E-state index in [1.165, 1.54) is 45.6 Å². The summed E-state index contributed by atoms with van der Waals surface area (Å²) in [6.45, 7) is 1.93. The van der Waals surface area contributed by atoms with Gasteiger partial charge in [-0.2, -0.15) is 8.42 Å². The molecule has 30 heavy (non-hydrogen) atoms. The summed E-state index contributed by atoms with van der Waals surface area (Å²) in [5.74, 6) is -0.159. The molecular formula is C20H23NO8S. The third kappa shape index (κ3) is 5.94. The molecule has 0 heterocycles. The first-order valence-electron chi connectivity index (χ1n) is 8.79. The molecule has 9 nitrogen and oxygen atoms in total. The van der Waals surface area contributed by atoms with E-state index in [9.17, 15) is 13.2 Å². The Kier molecular flexibility index (Phi) is 8.19. The summed E-state index contributed by atoms with van der Waals surface area (Å²) in [5, 5.41) is 3.59. The van der Waals surface area contributed by atoms with E-state index in [2.05, 4.69) is 5.16 Å². The number of esters is 1. The van der Waals surface area contributed by atoms with Gasteiger partial charge in [0.15, 0.2) is 17.2 Å². The molecule has 162 valence electrons. The zero-order valence-electron chi connectivity index (χ0n) is 17.1. The van der Waals surface area contributed by atoms with Crippen LogP contribution in [-0.2, 0) is 28.7 Å². The van der Waals surface area contributed by atoms with Crippen molar-refractivity contribution in [1.29, 1.82) is 0 Å². The third-order valence-electron chi connectivity index (χ3n) is 3.91. The number of methoxy groups -OCH3 is 3. The van der Waals surface area contributed by atoms with Gasteiger partial charge in [-0.15, -0.1) is 0 Å². The first kappa shape index (κ1) is 23.2. The van der Waals surface area contributed by atoms with Gasteiger partial charge in [-0.1, -0.05) is 22.9 Å². The Morgan fingerprint density at radius 2 is 1.60 bits per heavy atom. The summed E-state index contributed by atoms with van der Waals surface area (Å²) in [4.78, 5) is 12.4. The molecule has 10 heteroatoms. The van der Waals surface area contributed by atoms with Gasteiger partial charge in [0, 0.05) is 12.7 Å². The van der Waals surface area contributed by atoms with Crippen LogP contribution in [0.1, 0.15) is 11.1 Å². The minimum Gasteiger partial charge on any atom is -0.493 e. The first-order chi connectivity index (χ1) is 14.3. The summed E-state index contributed by atoms with van der Waals surface area (Å²) in [6.07, 6.45) is 0. The van der Waals surface area contributed by atoms with E-state index in [0.717, 1.165) is 5.56 Å². The molecule has 0 aromatic heterocycles. The maximum absolute atomic E-state index is 12.5. The lowest BCUT2D eigenvalue weighted by atomic mass is 10.1. The number of ether oxygens (including phenoxy) is 4. The zero-order valence-corrected chi connectivity index (χ0v) is 17.9. The highest BCUT2D eigenvalue weighted by Gasteiger charge is 2.22. The van der Waals surface area contributed by atoms with E-state index in [1.807, 2.05) is 6.92 Å². The van der Waals surface area contributed by atoms with Gasteiger partial charge in [0.05, 0.1) is 20.8 Å². The van der Waals surface area contributed by atoms with Crippen molar-refractivity contribution in [3.63, 3.8) is 0 Å². The van der Waals surface area contributed by atoms with E-state index >= 15 is 0 Å². The molecule has 0 saturated heterocycles. The molecule has 2 rings (SSSR count). The Balaban J connectivity index is 2.40. The molecule has 0 fully saturated rings. The third-order valence-corrected chi connectivity index (χ3v) is 5.03. The molecule has 0 aliphatic rings. The molecule has 0 aliphatic heterocycles. The minimum atomic E-state index is -4.24. The SMILES string of the molecule is COCCOC(=O)/C(=N/OS(=O)(=O)c1ccc(C)cc1)c1ccc(OC)c(OC)c1. The molecule has 0 radical (unpaired) electrons. The maximum atomic E-state index is 12.5. The Bertz CT molecular complexity index is 1000. The summed E-state index contributed by atoms with van der Waals surface area (Å²) in [5.41, 5.74) is 0.738. The van der Waals surface area contributed by atoms with Crippen molar-refractivity contribution in [2.45, 2.75) is 11.8 Å². The average molecular weight is 437 g/mol. The van der Waals surface area contributed by atoms with Crippen LogP contribution in [0.25, 0.3) is 0 Å². The molecule has 0 spiro atoms. The van der Waals surface area contributed by atoms with Gasteiger partial charge in [0.1, 0.15) is 11.5 Å². The Morgan fingerprint density at radius 3 is 2.20 bits per heavy atom. The number of aryl methyl sites for hydroxylation is 1. The van der Waals surface area contributed by atoms with Crippen LogP contribution >= 0.6 is 0 Å². The van der Waals surface area contributed by atoms with Crippen molar-refractivity contribution in [1.82, 2.24) is 0 Å². The summed E-state index contributed by atoms with van der Waals surface area (Å²) in [6, 6.07) is 10.5. The van der Waals surface area contributed by atoms with E-state index in [-0.39, 0.29) is 29.4 Å². The fourth-order valence-electron chi connectivity index (χ4n) is 2.31. The number of rotatable bonds is 10. The van der Waals surface area contributed by atoms with Crippen LogP contribution in [0.2, 0.25) is 0 Å². The van der Waals surface area contributed by atoms with Crippen LogP contribution in [0.5, 0.6) is 11.5 Å². The normalized spacial score (nSPS) is 11.7. The molecule has 0 atom stereocenters. The van der Waals surface area contributed by atoms with Crippen molar-refractivity contribution in [3.05, 3.63) is 53.6 Å². The van der Waals surface area contributed by atoms with E-state index in [0.29, 0.717) is 11.5 Å². The van der Waals surface area contributed by atoms with Crippen LogP contribution in [0.4, 0.5) is 0 Å². The van der Waals surface area contributed by atoms with Crippen molar-refractivity contribution in [2.24, 2.45) is 5.16 Å². The van der Waals surface area contributed by atoms with Crippen molar-refractivity contribution < 1.29 is 36.4 Å². The lowest BCUT2D eigenvalue weighted by Gasteiger charge is -2.11. The van der Waals surface area contributed by atoms with Gasteiger partial charge >= 0.3 is 16.1 Å². The van der Waals surface area contributed by atoms with E-state index in [1.54, 1.807) is 18.2 Å².